The molecule has 2 atom stereocenters. The summed E-state index contributed by atoms with van der Waals surface area (Å²) in [7, 11) is -3.51. The Morgan fingerprint density at radius 3 is 2.05 bits per heavy atom. The third-order valence-electron chi connectivity index (χ3n) is 6.94. The molecule has 0 saturated carbocycles. The molecule has 234 valence electrons. The first-order valence-electron chi connectivity index (χ1n) is 12.4. The van der Waals surface area contributed by atoms with Gasteiger partial charge < -0.3 is 20.1 Å². The van der Waals surface area contributed by atoms with E-state index in [4.69, 9.17) is 24.5 Å². The zero-order valence-electron chi connectivity index (χ0n) is 21.6. The summed E-state index contributed by atoms with van der Waals surface area (Å²) >= 11 is 0. The average Bonchev–Trinajstić information content (AvgIpc) is 3.51. The average molecular weight is 624 g/mol. The van der Waals surface area contributed by atoms with Crippen LogP contribution in [0.2, 0.25) is 0 Å². The number of alkyl halides is 6. The second kappa shape index (κ2) is 14.1. The second-order valence-corrected chi connectivity index (χ2v) is 11.7. The predicted octanol–water partition coefficient (Wildman–Crippen LogP) is 2.36. The third-order valence-corrected chi connectivity index (χ3v) is 8.76. The number of aromatic nitrogens is 1. The Hall–Kier alpha value is -2.54. The third kappa shape index (κ3) is 10.1. The molecular formula is C23H31F6N3O8S. The molecule has 18 heteroatoms. The van der Waals surface area contributed by atoms with Crippen molar-refractivity contribution in [3.05, 3.63) is 24.4 Å². The largest absolute Gasteiger partial charge is 0.490 e. The van der Waals surface area contributed by atoms with Crippen molar-refractivity contribution in [2.24, 2.45) is 5.41 Å². The maximum absolute atomic E-state index is 12.8. The van der Waals surface area contributed by atoms with Crippen LogP contribution in [0.1, 0.15) is 32.1 Å². The van der Waals surface area contributed by atoms with Crippen molar-refractivity contribution in [2.75, 3.05) is 39.4 Å². The van der Waals surface area contributed by atoms with Crippen molar-refractivity contribution in [1.29, 1.82) is 0 Å². The number of aliphatic carboxylic acids is 2. The zero-order chi connectivity index (χ0) is 31.1. The van der Waals surface area contributed by atoms with Gasteiger partial charge in [0.2, 0.25) is 0 Å². The van der Waals surface area contributed by atoms with E-state index in [2.05, 4.69) is 9.88 Å². The van der Waals surface area contributed by atoms with Crippen LogP contribution in [0.15, 0.2) is 29.4 Å². The smallest absolute Gasteiger partial charge is 0.475 e. The van der Waals surface area contributed by atoms with Crippen LogP contribution in [0, 0.1) is 5.41 Å². The van der Waals surface area contributed by atoms with E-state index in [1.54, 1.807) is 22.5 Å². The molecule has 1 aromatic rings. The Bertz CT molecular complexity index is 1090. The number of sulfonamides is 1. The number of likely N-dealkylation sites (tertiary alicyclic amines) is 1. The van der Waals surface area contributed by atoms with Crippen molar-refractivity contribution >= 4 is 22.0 Å². The van der Waals surface area contributed by atoms with Crippen molar-refractivity contribution < 1.29 is 64.4 Å². The number of carbonyl (C=O) groups is 2. The molecule has 1 aromatic heterocycles. The molecule has 3 N–H and O–H groups in total. The fourth-order valence-corrected chi connectivity index (χ4v) is 6.17. The number of hydrogen-bond acceptors (Lipinski definition) is 8. The van der Waals surface area contributed by atoms with E-state index in [1.807, 2.05) is 0 Å². The van der Waals surface area contributed by atoms with E-state index < -0.39 is 34.3 Å². The van der Waals surface area contributed by atoms with Crippen molar-refractivity contribution in [1.82, 2.24) is 14.2 Å². The summed E-state index contributed by atoms with van der Waals surface area (Å²) in [5.74, 6) is -5.51. The van der Waals surface area contributed by atoms with E-state index in [1.165, 1.54) is 6.20 Å². The van der Waals surface area contributed by atoms with Gasteiger partial charge in [0.15, 0.2) is 5.03 Å². The molecule has 4 heterocycles. The number of aliphatic hydroxyl groups excluding tert-OH is 1. The van der Waals surface area contributed by atoms with Gasteiger partial charge in [-0.1, -0.05) is 6.07 Å². The molecule has 41 heavy (non-hydrogen) atoms. The van der Waals surface area contributed by atoms with Gasteiger partial charge in [0.1, 0.15) is 0 Å². The fraction of sp³-hybridized carbons (Fsp3) is 0.696. The highest BCUT2D eigenvalue weighted by atomic mass is 32.2. The minimum atomic E-state index is -5.08. The monoisotopic (exact) mass is 623 g/mol. The standard InChI is InChI=1S/C19H29N3O4S.2C2HF3O2/c23-14-16-4-3-9-21(16)13-17-12-19(15-26-17)6-10-22(11-7-19)27(24,25)18-5-1-2-8-20-18;2*3-2(4,5)1(6)7/h1-2,5,8,16-17,23H,3-4,6-7,9-15H2;2*(H,6,7)/t16-,17?;;/m0../s1. The van der Waals surface area contributed by atoms with Gasteiger partial charge in [0.25, 0.3) is 10.0 Å². The minimum Gasteiger partial charge on any atom is -0.475 e. The Morgan fingerprint density at radius 2 is 1.59 bits per heavy atom. The fourth-order valence-electron chi connectivity index (χ4n) is 4.80. The first kappa shape index (κ1) is 34.7. The molecule has 11 nitrogen and oxygen atoms in total. The molecule has 0 amide bonds. The van der Waals surface area contributed by atoms with Gasteiger partial charge >= 0.3 is 24.3 Å². The molecule has 3 saturated heterocycles. The summed E-state index contributed by atoms with van der Waals surface area (Å²) in [5, 5.41) is 23.9. The summed E-state index contributed by atoms with van der Waals surface area (Å²) < 4.78 is 96.7. The summed E-state index contributed by atoms with van der Waals surface area (Å²) in [6.07, 6.45) is -3.60. The topological polar surface area (TPSA) is 158 Å². The minimum absolute atomic E-state index is 0.0925. The van der Waals surface area contributed by atoms with Crippen LogP contribution in [-0.4, -0.2) is 114 Å². The molecule has 0 aliphatic carbocycles. The lowest BCUT2D eigenvalue weighted by atomic mass is 9.77. The second-order valence-electron chi connectivity index (χ2n) is 9.79. The first-order valence-corrected chi connectivity index (χ1v) is 13.8. The van der Waals surface area contributed by atoms with Gasteiger partial charge in [-0.3, -0.25) is 4.90 Å². The lowest BCUT2D eigenvalue weighted by Crippen LogP contribution is -2.44. The van der Waals surface area contributed by atoms with Crippen LogP contribution in [0.25, 0.3) is 0 Å². The van der Waals surface area contributed by atoms with Crippen LogP contribution in [0.3, 0.4) is 0 Å². The molecule has 3 fully saturated rings. The van der Waals surface area contributed by atoms with Crippen LogP contribution in [0.5, 0.6) is 0 Å². The summed E-state index contributed by atoms with van der Waals surface area (Å²) in [6.45, 7) is 3.90. The SMILES string of the molecule is O=C(O)C(F)(F)F.O=C(O)C(F)(F)F.O=S(=O)(c1ccccn1)N1CCC2(CC1)COC(CN1CCC[C@H]1CO)C2. The van der Waals surface area contributed by atoms with Gasteiger partial charge in [-0.05, 0) is 56.2 Å². The number of piperidine rings is 1. The van der Waals surface area contributed by atoms with Crippen LogP contribution in [0.4, 0.5) is 26.3 Å². The molecule has 3 aliphatic rings. The van der Waals surface area contributed by atoms with Crippen molar-refractivity contribution in [3.8, 4) is 0 Å². The number of halogens is 6. The Labute approximate surface area is 231 Å². The van der Waals surface area contributed by atoms with Crippen LogP contribution >= 0.6 is 0 Å². The predicted molar refractivity (Wildman–Crippen MR) is 128 cm³/mol. The highest BCUT2D eigenvalue weighted by Crippen LogP contribution is 2.43. The summed E-state index contributed by atoms with van der Waals surface area (Å²) in [4.78, 5) is 24.2. The van der Waals surface area contributed by atoms with Crippen LogP contribution in [-0.2, 0) is 24.3 Å². The van der Waals surface area contributed by atoms with Crippen LogP contribution < -0.4 is 0 Å². The molecule has 0 aromatic carbocycles. The molecule has 0 bridgehead atoms. The summed E-state index contributed by atoms with van der Waals surface area (Å²) in [5.41, 5.74) is 0.0925. The number of aliphatic hydroxyl groups is 1. The number of carboxylic acid groups (broad SMARTS) is 2. The zero-order valence-corrected chi connectivity index (χ0v) is 22.5. The van der Waals surface area contributed by atoms with E-state index in [0.29, 0.717) is 19.7 Å². The first-order chi connectivity index (χ1) is 18.9. The van der Waals surface area contributed by atoms with Gasteiger partial charge in [-0.15, -0.1) is 0 Å². The number of carboxylic acids is 2. The van der Waals surface area contributed by atoms with E-state index in [9.17, 15) is 39.9 Å². The lowest BCUT2D eigenvalue weighted by Gasteiger charge is -2.37. The number of nitrogens with zero attached hydrogens (tertiary/aromatic N) is 3. The maximum atomic E-state index is 12.8. The molecule has 3 aliphatic heterocycles. The molecule has 4 rings (SSSR count). The summed E-state index contributed by atoms with van der Waals surface area (Å²) in [6, 6.07) is 5.26. The van der Waals surface area contributed by atoms with Gasteiger partial charge in [0, 0.05) is 31.9 Å². The normalized spacial score (nSPS) is 23.3. The number of hydrogen-bond donors (Lipinski definition) is 3. The van der Waals surface area contributed by atoms with E-state index in [-0.39, 0.29) is 29.2 Å². The van der Waals surface area contributed by atoms with Gasteiger partial charge in [0.05, 0.1) is 19.3 Å². The maximum Gasteiger partial charge on any atom is 0.490 e. The van der Waals surface area contributed by atoms with Gasteiger partial charge in [-0.2, -0.15) is 30.6 Å². The Morgan fingerprint density at radius 1 is 1.02 bits per heavy atom. The van der Waals surface area contributed by atoms with E-state index >= 15 is 0 Å². The Balaban J connectivity index is 0.000000349. The number of rotatable bonds is 5. The molecule has 1 unspecified atom stereocenters. The number of pyridine rings is 1. The highest BCUT2D eigenvalue weighted by Gasteiger charge is 2.45. The lowest BCUT2D eigenvalue weighted by molar-refractivity contribution is -0.193. The molecular weight excluding hydrogens is 592 g/mol. The molecule has 1 spiro atoms. The van der Waals surface area contributed by atoms with Gasteiger partial charge in [-0.25, -0.2) is 23.0 Å². The van der Waals surface area contributed by atoms with Crippen molar-refractivity contribution in [3.63, 3.8) is 0 Å². The highest BCUT2D eigenvalue weighted by molar-refractivity contribution is 7.89. The Kier molecular flexibility index (Phi) is 11.9. The number of ether oxygens (including phenoxy) is 1. The molecule has 0 radical (unpaired) electrons. The van der Waals surface area contributed by atoms with Crippen molar-refractivity contribution in [2.45, 2.75) is 61.6 Å². The van der Waals surface area contributed by atoms with E-state index in [0.717, 1.165) is 45.2 Å². The quantitative estimate of drug-likeness (QED) is 0.416.